The topological polar surface area (TPSA) is 153 Å². The number of aromatic nitrogens is 4. The number of nitrogens with zero attached hydrogens (tertiary/aromatic N) is 5. The molecule has 2 amide bonds. The highest BCUT2D eigenvalue weighted by Gasteiger charge is 2.37. The summed E-state index contributed by atoms with van der Waals surface area (Å²) in [6.07, 6.45) is 6.23. The highest BCUT2D eigenvalue weighted by atomic mass is 32.1. The lowest BCUT2D eigenvalue weighted by molar-refractivity contribution is -0.149. The SMILES string of the molecule is CCNC(=O)Nc1nc2cc(-c3cnc(N4CCC(C)(C(=O)O)CC4)nc3)cc(-c3ccc(C(C)(C)O)cn3)c2s1. The van der Waals surface area contributed by atoms with Crippen LogP contribution in [0.15, 0.2) is 42.9 Å². The third-order valence-corrected chi connectivity index (χ3v) is 8.45. The molecular formula is C29H33N7O4S. The fourth-order valence-electron chi connectivity index (χ4n) is 4.71. The molecule has 1 aliphatic rings. The summed E-state index contributed by atoms with van der Waals surface area (Å²) in [6.45, 7) is 8.70. The van der Waals surface area contributed by atoms with Crippen molar-refractivity contribution in [2.45, 2.75) is 46.1 Å². The van der Waals surface area contributed by atoms with E-state index in [2.05, 4.69) is 30.6 Å². The lowest BCUT2D eigenvalue weighted by Crippen LogP contribution is -2.43. The molecule has 0 atom stereocenters. The minimum Gasteiger partial charge on any atom is -0.481 e. The number of anilines is 2. The van der Waals surface area contributed by atoms with Crippen LogP contribution in [0.3, 0.4) is 0 Å². The van der Waals surface area contributed by atoms with Gasteiger partial charge in [-0.3, -0.25) is 15.1 Å². The fraction of sp³-hybridized carbons (Fsp3) is 0.379. The Labute approximate surface area is 241 Å². The maximum Gasteiger partial charge on any atom is 0.321 e. The molecule has 214 valence electrons. The molecular weight excluding hydrogens is 542 g/mol. The Morgan fingerprint density at radius 1 is 1.07 bits per heavy atom. The zero-order chi connectivity index (χ0) is 29.4. The van der Waals surface area contributed by atoms with Gasteiger partial charge in [-0.15, -0.1) is 0 Å². The second-order valence-electron chi connectivity index (χ2n) is 11.0. The number of urea groups is 1. The van der Waals surface area contributed by atoms with E-state index in [1.54, 1.807) is 39.4 Å². The van der Waals surface area contributed by atoms with Gasteiger partial charge in [-0.05, 0) is 64.3 Å². The molecule has 5 rings (SSSR count). The summed E-state index contributed by atoms with van der Waals surface area (Å²) in [5.41, 5.74) is 2.79. The van der Waals surface area contributed by atoms with Crippen LogP contribution in [0.25, 0.3) is 32.6 Å². The summed E-state index contributed by atoms with van der Waals surface area (Å²) < 4.78 is 0.858. The van der Waals surface area contributed by atoms with Crippen molar-refractivity contribution in [3.63, 3.8) is 0 Å². The van der Waals surface area contributed by atoms with Gasteiger partial charge in [0.1, 0.15) is 0 Å². The van der Waals surface area contributed by atoms with Crippen molar-refractivity contribution in [3.05, 3.63) is 48.4 Å². The number of aliphatic hydroxyl groups is 1. The smallest absolute Gasteiger partial charge is 0.321 e. The van der Waals surface area contributed by atoms with E-state index in [0.717, 1.165) is 21.4 Å². The molecule has 12 heteroatoms. The van der Waals surface area contributed by atoms with Gasteiger partial charge in [-0.25, -0.2) is 19.7 Å². The second kappa shape index (κ2) is 11.0. The van der Waals surface area contributed by atoms with E-state index in [-0.39, 0.29) is 6.03 Å². The van der Waals surface area contributed by atoms with Gasteiger partial charge in [0.15, 0.2) is 5.13 Å². The Morgan fingerprint density at radius 2 is 1.78 bits per heavy atom. The molecule has 41 heavy (non-hydrogen) atoms. The molecule has 1 aromatic carbocycles. The summed E-state index contributed by atoms with van der Waals surface area (Å²) in [4.78, 5) is 44.3. The van der Waals surface area contributed by atoms with Crippen LogP contribution in [-0.4, -0.2) is 61.8 Å². The Hall–Kier alpha value is -4.16. The third-order valence-electron chi connectivity index (χ3n) is 7.43. The largest absolute Gasteiger partial charge is 0.481 e. The van der Waals surface area contributed by atoms with E-state index in [9.17, 15) is 19.8 Å². The van der Waals surface area contributed by atoms with E-state index in [1.165, 1.54) is 11.3 Å². The number of aliphatic carboxylic acids is 1. The van der Waals surface area contributed by atoms with Crippen LogP contribution in [0, 0.1) is 5.41 Å². The average molecular weight is 576 g/mol. The van der Waals surface area contributed by atoms with Gasteiger partial charge in [-0.1, -0.05) is 17.4 Å². The van der Waals surface area contributed by atoms with Gasteiger partial charge in [0, 0.05) is 54.9 Å². The number of carbonyl (C=O) groups excluding carboxylic acids is 1. The molecule has 4 aromatic rings. The molecule has 1 fully saturated rings. The van der Waals surface area contributed by atoms with Crippen molar-refractivity contribution >= 4 is 44.6 Å². The third kappa shape index (κ3) is 5.98. The Morgan fingerprint density at radius 3 is 2.37 bits per heavy atom. The van der Waals surface area contributed by atoms with Crippen molar-refractivity contribution in [2.75, 3.05) is 29.9 Å². The molecule has 1 saturated heterocycles. The monoisotopic (exact) mass is 575 g/mol. The minimum atomic E-state index is -1.02. The lowest BCUT2D eigenvalue weighted by atomic mass is 9.80. The summed E-state index contributed by atoms with van der Waals surface area (Å²) in [5.74, 6) is -0.205. The predicted octanol–water partition coefficient (Wildman–Crippen LogP) is 4.88. The highest BCUT2D eigenvalue weighted by molar-refractivity contribution is 7.22. The lowest BCUT2D eigenvalue weighted by Gasteiger charge is -2.36. The number of thiazole rings is 1. The van der Waals surface area contributed by atoms with Gasteiger partial charge >= 0.3 is 12.0 Å². The first-order valence-electron chi connectivity index (χ1n) is 13.5. The van der Waals surface area contributed by atoms with Crippen LogP contribution in [0.1, 0.15) is 46.1 Å². The first-order valence-corrected chi connectivity index (χ1v) is 14.3. The fourth-order valence-corrected chi connectivity index (χ4v) is 5.67. The van der Waals surface area contributed by atoms with E-state index < -0.39 is 17.0 Å². The van der Waals surface area contributed by atoms with Crippen molar-refractivity contribution in [3.8, 4) is 22.4 Å². The van der Waals surface area contributed by atoms with Crippen molar-refractivity contribution in [1.29, 1.82) is 0 Å². The molecule has 0 unspecified atom stereocenters. The first kappa shape index (κ1) is 28.4. The number of benzene rings is 1. The van der Waals surface area contributed by atoms with Gasteiger partial charge in [0.05, 0.1) is 26.9 Å². The van der Waals surface area contributed by atoms with Gasteiger partial charge in [0.25, 0.3) is 0 Å². The number of fused-ring (bicyclic) bond motifs is 1. The molecule has 0 saturated carbocycles. The summed E-state index contributed by atoms with van der Waals surface area (Å²) in [7, 11) is 0. The summed E-state index contributed by atoms with van der Waals surface area (Å²) >= 11 is 1.36. The molecule has 11 nitrogen and oxygen atoms in total. The van der Waals surface area contributed by atoms with Crippen LogP contribution in [0.2, 0.25) is 0 Å². The molecule has 0 spiro atoms. The number of carboxylic acids is 1. The average Bonchev–Trinajstić information content (AvgIpc) is 3.35. The van der Waals surface area contributed by atoms with E-state index in [1.807, 2.05) is 36.1 Å². The van der Waals surface area contributed by atoms with Crippen LogP contribution in [-0.2, 0) is 10.4 Å². The van der Waals surface area contributed by atoms with Gasteiger partial charge in [0.2, 0.25) is 5.95 Å². The highest BCUT2D eigenvalue weighted by Crippen LogP contribution is 2.39. The predicted molar refractivity (Wildman–Crippen MR) is 159 cm³/mol. The number of carboxylic acid groups (broad SMARTS) is 1. The van der Waals surface area contributed by atoms with Crippen molar-refractivity contribution < 1.29 is 19.8 Å². The Balaban J connectivity index is 1.49. The van der Waals surface area contributed by atoms with Gasteiger partial charge < -0.3 is 20.4 Å². The van der Waals surface area contributed by atoms with Crippen LogP contribution >= 0.6 is 11.3 Å². The number of pyridine rings is 1. The van der Waals surface area contributed by atoms with Crippen LogP contribution in [0.5, 0.6) is 0 Å². The van der Waals surface area contributed by atoms with E-state index in [4.69, 9.17) is 0 Å². The molecule has 1 aliphatic heterocycles. The molecule has 4 N–H and O–H groups in total. The number of carbonyl (C=O) groups is 2. The molecule has 0 radical (unpaired) electrons. The molecule has 0 bridgehead atoms. The van der Waals surface area contributed by atoms with E-state index in [0.29, 0.717) is 60.3 Å². The first-order chi connectivity index (χ1) is 19.5. The second-order valence-corrected chi connectivity index (χ2v) is 12.0. The number of piperidine rings is 1. The van der Waals surface area contributed by atoms with Crippen molar-refractivity contribution in [1.82, 2.24) is 25.3 Å². The Kier molecular flexibility index (Phi) is 7.62. The number of amides is 2. The van der Waals surface area contributed by atoms with Crippen LogP contribution < -0.4 is 15.5 Å². The number of nitrogens with one attached hydrogen (secondary N) is 2. The van der Waals surface area contributed by atoms with Crippen LogP contribution in [0.4, 0.5) is 15.9 Å². The number of hydrogen-bond acceptors (Lipinski definition) is 9. The molecule has 3 aromatic heterocycles. The Bertz CT molecular complexity index is 1570. The maximum atomic E-state index is 12.2. The molecule has 0 aliphatic carbocycles. The molecule has 4 heterocycles. The maximum absolute atomic E-state index is 12.2. The van der Waals surface area contributed by atoms with Gasteiger partial charge in [-0.2, -0.15) is 0 Å². The zero-order valence-corrected chi connectivity index (χ0v) is 24.2. The quantitative estimate of drug-likeness (QED) is 0.242. The van der Waals surface area contributed by atoms with Crippen molar-refractivity contribution in [2.24, 2.45) is 5.41 Å². The number of hydrogen-bond donors (Lipinski definition) is 4. The van der Waals surface area contributed by atoms with E-state index >= 15 is 0 Å². The minimum absolute atomic E-state index is 0.327. The summed E-state index contributed by atoms with van der Waals surface area (Å²) in [6, 6.07) is 7.32. The summed E-state index contributed by atoms with van der Waals surface area (Å²) in [5, 5.41) is 25.9. The normalized spacial score (nSPS) is 15.1. The standard InChI is InChI=1S/C29H33N7O4S/c1-5-30-26(39)35-27-34-22-13-17(12-20(23(22)41-27)21-7-6-19(16-31-21)28(2,3)40)18-14-32-25(33-15-18)36-10-8-29(4,9-11-36)24(37)38/h6-7,12-16,40H,5,8-11H2,1-4H3,(H,37,38)(H2,30,34,35,39). The number of rotatable bonds is 7. The zero-order valence-electron chi connectivity index (χ0n) is 23.4.